The molecule has 0 aliphatic carbocycles. The van der Waals surface area contributed by atoms with E-state index in [-0.39, 0.29) is 23.2 Å². The van der Waals surface area contributed by atoms with Crippen LogP contribution in [0, 0.1) is 5.92 Å². The van der Waals surface area contributed by atoms with Crippen LogP contribution < -0.4 is 4.90 Å². The Balaban J connectivity index is 2.10. The Morgan fingerprint density at radius 3 is 2.03 bits per heavy atom. The second-order valence-corrected chi connectivity index (χ2v) is 9.47. The van der Waals surface area contributed by atoms with Gasteiger partial charge in [-0.1, -0.05) is 71.0 Å². The SMILES string of the molecule is CC(C)C(=O)C1=C(O)C(=O)N(c2ccc(CC(=O)O)cc2)C1c1ccc(C(C)(C)C)cc1. The van der Waals surface area contributed by atoms with E-state index in [1.807, 2.05) is 24.3 Å². The Labute approximate surface area is 188 Å². The molecule has 0 saturated heterocycles. The van der Waals surface area contributed by atoms with Gasteiger partial charge in [0.05, 0.1) is 18.0 Å². The molecule has 0 fully saturated rings. The van der Waals surface area contributed by atoms with E-state index in [0.717, 1.165) is 5.56 Å². The summed E-state index contributed by atoms with van der Waals surface area (Å²) < 4.78 is 0. The first kappa shape index (κ1) is 23.3. The van der Waals surface area contributed by atoms with Crippen molar-refractivity contribution in [2.75, 3.05) is 4.90 Å². The normalized spacial score (nSPS) is 16.8. The molecule has 1 atom stereocenters. The highest BCUT2D eigenvalue weighted by Gasteiger charge is 2.44. The third-order valence-electron chi connectivity index (χ3n) is 5.66. The largest absolute Gasteiger partial charge is 0.503 e. The van der Waals surface area contributed by atoms with Gasteiger partial charge in [0, 0.05) is 11.6 Å². The number of hydrogen-bond acceptors (Lipinski definition) is 4. The van der Waals surface area contributed by atoms with Gasteiger partial charge in [0.2, 0.25) is 0 Å². The summed E-state index contributed by atoms with van der Waals surface area (Å²) in [5, 5.41) is 19.7. The smallest absolute Gasteiger partial charge is 0.307 e. The molecule has 0 saturated carbocycles. The molecule has 0 radical (unpaired) electrons. The van der Waals surface area contributed by atoms with E-state index >= 15 is 0 Å². The van der Waals surface area contributed by atoms with Crippen LogP contribution in [0.5, 0.6) is 0 Å². The summed E-state index contributed by atoms with van der Waals surface area (Å²) in [6.45, 7) is 9.77. The number of benzene rings is 2. The minimum atomic E-state index is -0.948. The molecular weight excluding hydrogens is 406 g/mol. The zero-order valence-electron chi connectivity index (χ0n) is 19.0. The van der Waals surface area contributed by atoms with Gasteiger partial charge in [-0.2, -0.15) is 0 Å². The molecule has 2 aromatic carbocycles. The molecule has 1 aliphatic heterocycles. The zero-order chi connectivity index (χ0) is 23.8. The summed E-state index contributed by atoms with van der Waals surface area (Å²) in [6.07, 6.45) is -0.132. The number of carboxylic acids is 1. The van der Waals surface area contributed by atoms with Crippen LogP contribution in [-0.4, -0.2) is 27.9 Å². The van der Waals surface area contributed by atoms with Gasteiger partial charge < -0.3 is 10.2 Å². The van der Waals surface area contributed by atoms with Crippen LogP contribution in [0.1, 0.15) is 57.4 Å². The van der Waals surface area contributed by atoms with Crippen molar-refractivity contribution in [1.82, 2.24) is 0 Å². The van der Waals surface area contributed by atoms with Crippen molar-refractivity contribution < 1.29 is 24.6 Å². The maximum atomic E-state index is 13.1. The van der Waals surface area contributed by atoms with Crippen molar-refractivity contribution in [3.8, 4) is 0 Å². The molecule has 0 spiro atoms. The first-order valence-corrected chi connectivity index (χ1v) is 10.6. The molecule has 0 aromatic heterocycles. The van der Waals surface area contributed by atoms with E-state index in [9.17, 15) is 19.5 Å². The van der Waals surface area contributed by atoms with Crippen molar-refractivity contribution in [3.63, 3.8) is 0 Å². The number of ketones is 1. The maximum Gasteiger partial charge on any atom is 0.307 e. The molecule has 1 unspecified atom stereocenters. The lowest BCUT2D eigenvalue weighted by Gasteiger charge is -2.28. The van der Waals surface area contributed by atoms with Crippen molar-refractivity contribution in [2.45, 2.75) is 52.5 Å². The number of anilines is 1. The van der Waals surface area contributed by atoms with Gasteiger partial charge in [-0.3, -0.25) is 19.3 Å². The predicted molar refractivity (Wildman–Crippen MR) is 123 cm³/mol. The highest BCUT2D eigenvalue weighted by molar-refractivity contribution is 6.16. The summed E-state index contributed by atoms with van der Waals surface area (Å²) in [5.74, 6) is -2.82. The molecule has 1 heterocycles. The Morgan fingerprint density at radius 2 is 1.56 bits per heavy atom. The van der Waals surface area contributed by atoms with Crippen molar-refractivity contribution in [2.24, 2.45) is 5.92 Å². The first-order valence-electron chi connectivity index (χ1n) is 10.6. The van der Waals surface area contributed by atoms with Gasteiger partial charge >= 0.3 is 5.97 Å². The number of amides is 1. The fourth-order valence-electron chi connectivity index (χ4n) is 3.86. The number of carboxylic acid groups (broad SMARTS) is 1. The monoisotopic (exact) mass is 435 g/mol. The number of aliphatic hydroxyl groups is 1. The average Bonchev–Trinajstić information content (AvgIpc) is 2.98. The molecule has 1 aliphatic rings. The van der Waals surface area contributed by atoms with Gasteiger partial charge in [-0.25, -0.2) is 0 Å². The minimum Gasteiger partial charge on any atom is -0.503 e. The third kappa shape index (κ3) is 4.44. The van der Waals surface area contributed by atoms with Gasteiger partial charge in [0.1, 0.15) is 0 Å². The standard InChI is InChI=1S/C26H29NO5/c1-15(2)23(30)21-22(17-8-10-18(11-9-17)26(3,4)5)27(25(32)24(21)31)19-12-6-16(7-13-19)14-20(28)29/h6-13,15,22,31H,14H2,1-5H3,(H,28,29). The zero-order valence-corrected chi connectivity index (χ0v) is 19.0. The Morgan fingerprint density at radius 1 is 1.00 bits per heavy atom. The summed E-state index contributed by atoms with van der Waals surface area (Å²) in [4.78, 5) is 38.5. The van der Waals surface area contributed by atoms with Crippen molar-refractivity contribution in [3.05, 3.63) is 76.6 Å². The molecule has 1 amide bonds. The highest BCUT2D eigenvalue weighted by atomic mass is 16.4. The van der Waals surface area contributed by atoms with E-state index in [1.54, 1.807) is 38.1 Å². The summed E-state index contributed by atoms with van der Waals surface area (Å²) >= 11 is 0. The molecule has 168 valence electrons. The van der Waals surface area contributed by atoms with Crippen LogP contribution in [0.2, 0.25) is 0 Å². The summed E-state index contributed by atoms with van der Waals surface area (Å²) in [5.41, 5.74) is 2.93. The number of hydrogen-bond donors (Lipinski definition) is 2. The number of carbonyl (C=O) groups excluding carboxylic acids is 2. The number of carbonyl (C=O) groups is 3. The minimum absolute atomic E-state index is 0.0573. The van der Waals surface area contributed by atoms with E-state index in [2.05, 4.69) is 20.8 Å². The van der Waals surface area contributed by atoms with Gasteiger partial charge in [0.15, 0.2) is 11.5 Å². The van der Waals surface area contributed by atoms with E-state index in [4.69, 9.17) is 5.11 Å². The Hall–Kier alpha value is -3.41. The number of Topliss-reactive ketones (excluding diaryl/α,β-unsaturated/α-hetero) is 1. The molecule has 2 aromatic rings. The topological polar surface area (TPSA) is 94.9 Å². The van der Waals surface area contributed by atoms with Crippen LogP contribution >= 0.6 is 0 Å². The fourth-order valence-corrected chi connectivity index (χ4v) is 3.86. The van der Waals surface area contributed by atoms with Gasteiger partial charge in [-0.15, -0.1) is 0 Å². The quantitative estimate of drug-likeness (QED) is 0.684. The number of aliphatic hydroxyl groups excluding tert-OH is 1. The highest BCUT2D eigenvalue weighted by Crippen LogP contribution is 2.42. The van der Waals surface area contributed by atoms with Gasteiger partial charge in [-0.05, 0) is 34.2 Å². The lowest BCUT2D eigenvalue weighted by molar-refractivity contribution is -0.136. The lowest BCUT2D eigenvalue weighted by atomic mass is 9.85. The van der Waals surface area contributed by atoms with Crippen molar-refractivity contribution in [1.29, 1.82) is 0 Å². The first-order chi connectivity index (χ1) is 14.9. The molecule has 6 heteroatoms. The van der Waals surface area contributed by atoms with Crippen LogP contribution in [0.25, 0.3) is 0 Å². The molecule has 2 N–H and O–H groups in total. The van der Waals surface area contributed by atoms with Crippen LogP contribution in [0.4, 0.5) is 5.69 Å². The fraction of sp³-hybridized carbons (Fsp3) is 0.346. The lowest BCUT2D eigenvalue weighted by Crippen LogP contribution is -2.31. The maximum absolute atomic E-state index is 13.1. The molecule has 6 nitrogen and oxygen atoms in total. The molecular formula is C26H29NO5. The Bertz CT molecular complexity index is 1070. The number of aliphatic carboxylic acids is 1. The van der Waals surface area contributed by atoms with Crippen LogP contribution in [-0.2, 0) is 26.2 Å². The Kier molecular flexibility index (Phi) is 6.26. The number of rotatable bonds is 6. The van der Waals surface area contributed by atoms with E-state index in [1.165, 1.54) is 4.90 Å². The van der Waals surface area contributed by atoms with Gasteiger partial charge in [0.25, 0.3) is 5.91 Å². The van der Waals surface area contributed by atoms with Crippen molar-refractivity contribution >= 4 is 23.3 Å². The number of nitrogens with zero attached hydrogens (tertiary/aromatic N) is 1. The predicted octanol–water partition coefficient (Wildman–Crippen LogP) is 4.74. The second-order valence-electron chi connectivity index (χ2n) is 9.47. The van der Waals surface area contributed by atoms with Crippen LogP contribution in [0.15, 0.2) is 59.9 Å². The van der Waals surface area contributed by atoms with E-state index in [0.29, 0.717) is 16.8 Å². The third-order valence-corrected chi connectivity index (χ3v) is 5.66. The summed E-state index contributed by atoms with van der Waals surface area (Å²) in [6, 6.07) is 13.5. The summed E-state index contributed by atoms with van der Waals surface area (Å²) in [7, 11) is 0. The molecule has 3 rings (SSSR count). The average molecular weight is 436 g/mol. The van der Waals surface area contributed by atoms with E-state index < -0.39 is 29.6 Å². The second kappa shape index (κ2) is 8.61. The molecule has 32 heavy (non-hydrogen) atoms. The van der Waals surface area contributed by atoms with Crippen LogP contribution in [0.3, 0.4) is 0 Å². The molecule has 0 bridgehead atoms.